The van der Waals surface area contributed by atoms with Crippen molar-refractivity contribution >= 4 is 45.5 Å². The first-order valence-corrected chi connectivity index (χ1v) is 11.2. The maximum absolute atomic E-state index is 12.8. The van der Waals surface area contributed by atoms with Gasteiger partial charge in [0, 0.05) is 9.50 Å². The van der Waals surface area contributed by atoms with Crippen LogP contribution in [0.4, 0.5) is 4.79 Å². The van der Waals surface area contributed by atoms with Crippen molar-refractivity contribution in [3.05, 3.63) is 98.6 Å². The Hall–Kier alpha value is -3.29. The molecule has 0 bridgehead atoms. The summed E-state index contributed by atoms with van der Waals surface area (Å²) in [6.07, 6.45) is 1.61. The van der Waals surface area contributed by atoms with Gasteiger partial charge in [0.15, 0.2) is 11.5 Å². The standard InChI is InChI=1S/C25H20BrClN2O4/c1-32-22-12-18(20(26)13-23(22)33-15-17-7-9-19(27)10-8-17)11-21-24(30)29(25(31)28-21)14-16-5-3-2-4-6-16/h2-13H,14-15H2,1H3,(H,28,31)/b21-11+. The lowest BCUT2D eigenvalue weighted by molar-refractivity contribution is -0.123. The van der Waals surface area contributed by atoms with Crippen LogP contribution in [0, 0.1) is 0 Å². The van der Waals surface area contributed by atoms with E-state index in [4.69, 9.17) is 21.1 Å². The van der Waals surface area contributed by atoms with E-state index in [9.17, 15) is 9.59 Å². The van der Waals surface area contributed by atoms with E-state index in [2.05, 4.69) is 21.2 Å². The summed E-state index contributed by atoms with van der Waals surface area (Å²) in [6, 6.07) is 19.8. The summed E-state index contributed by atoms with van der Waals surface area (Å²) in [7, 11) is 1.54. The van der Waals surface area contributed by atoms with Crippen molar-refractivity contribution in [2.45, 2.75) is 13.2 Å². The predicted molar refractivity (Wildman–Crippen MR) is 130 cm³/mol. The number of urea groups is 1. The lowest BCUT2D eigenvalue weighted by Crippen LogP contribution is -2.30. The molecule has 0 aliphatic carbocycles. The van der Waals surface area contributed by atoms with Gasteiger partial charge in [0.05, 0.1) is 13.7 Å². The first kappa shape index (κ1) is 22.9. The highest BCUT2D eigenvalue weighted by Crippen LogP contribution is 2.35. The van der Waals surface area contributed by atoms with Gasteiger partial charge in [0.25, 0.3) is 5.91 Å². The van der Waals surface area contributed by atoms with Gasteiger partial charge < -0.3 is 14.8 Å². The molecule has 3 aromatic carbocycles. The molecular formula is C25H20BrClN2O4. The average molecular weight is 528 g/mol. The molecule has 1 fully saturated rings. The fraction of sp³-hybridized carbons (Fsp3) is 0.120. The number of imide groups is 1. The van der Waals surface area contributed by atoms with Crippen molar-refractivity contribution in [1.82, 2.24) is 10.2 Å². The van der Waals surface area contributed by atoms with Crippen LogP contribution in [-0.4, -0.2) is 23.9 Å². The molecule has 3 amide bonds. The molecule has 0 atom stereocenters. The van der Waals surface area contributed by atoms with Crippen molar-refractivity contribution in [3.8, 4) is 11.5 Å². The smallest absolute Gasteiger partial charge is 0.329 e. The average Bonchev–Trinajstić information content (AvgIpc) is 3.08. The molecule has 6 nitrogen and oxygen atoms in total. The van der Waals surface area contributed by atoms with Crippen LogP contribution in [0.2, 0.25) is 5.02 Å². The number of carbonyl (C=O) groups excluding carboxylic acids is 2. The first-order valence-electron chi connectivity index (χ1n) is 10.1. The fourth-order valence-corrected chi connectivity index (χ4v) is 3.88. The first-order chi connectivity index (χ1) is 15.9. The molecule has 1 aliphatic rings. The number of benzene rings is 3. The van der Waals surface area contributed by atoms with Crippen molar-refractivity contribution < 1.29 is 19.1 Å². The summed E-state index contributed by atoms with van der Waals surface area (Å²) in [6.45, 7) is 0.536. The molecule has 1 aliphatic heterocycles. The van der Waals surface area contributed by atoms with Crippen molar-refractivity contribution in [2.75, 3.05) is 7.11 Å². The van der Waals surface area contributed by atoms with Gasteiger partial charge in [-0.05, 0) is 47.0 Å². The van der Waals surface area contributed by atoms with Crippen LogP contribution in [0.3, 0.4) is 0 Å². The quantitative estimate of drug-likeness (QED) is 0.312. The number of halogens is 2. The minimum absolute atomic E-state index is 0.188. The number of rotatable bonds is 7. The van der Waals surface area contributed by atoms with Crippen molar-refractivity contribution in [2.24, 2.45) is 0 Å². The maximum atomic E-state index is 12.8. The molecule has 0 aromatic heterocycles. The topological polar surface area (TPSA) is 67.9 Å². The molecule has 8 heteroatoms. The molecule has 1 saturated heterocycles. The molecule has 0 spiro atoms. The SMILES string of the molecule is COc1cc(/C=C2/NC(=O)N(Cc3ccccc3)C2=O)c(Br)cc1OCc1ccc(Cl)cc1. The monoisotopic (exact) mass is 526 g/mol. The van der Waals surface area contributed by atoms with Gasteiger partial charge in [0.1, 0.15) is 12.3 Å². The highest BCUT2D eigenvalue weighted by atomic mass is 79.9. The maximum Gasteiger partial charge on any atom is 0.329 e. The molecule has 0 saturated carbocycles. The Balaban J connectivity index is 1.53. The Morgan fingerprint density at radius 1 is 1.00 bits per heavy atom. The molecule has 4 rings (SSSR count). The van der Waals surface area contributed by atoms with Gasteiger partial charge in [0.2, 0.25) is 0 Å². The van der Waals surface area contributed by atoms with Crippen LogP contribution in [0.5, 0.6) is 11.5 Å². The zero-order valence-electron chi connectivity index (χ0n) is 17.7. The van der Waals surface area contributed by atoms with Gasteiger partial charge in [-0.2, -0.15) is 0 Å². The highest BCUT2D eigenvalue weighted by molar-refractivity contribution is 9.10. The van der Waals surface area contributed by atoms with E-state index < -0.39 is 11.9 Å². The van der Waals surface area contributed by atoms with Crippen LogP contribution < -0.4 is 14.8 Å². The van der Waals surface area contributed by atoms with E-state index in [0.29, 0.717) is 33.2 Å². The van der Waals surface area contributed by atoms with Crippen LogP contribution in [0.25, 0.3) is 6.08 Å². The summed E-state index contributed by atoms with van der Waals surface area (Å²) < 4.78 is 12.1. The van der Waals surface area contributed by atoms with E-state index in [-0.39, 0.29) is 12.2 Å². The highest BCUT2D eigenvalue weighted by Gasteiger charge is 2.33. The second kappa shape index (κ2) is 10.1. The predicted octanol–water partition coefficient (Wildman–Crippen LogP) is 5.78. The third-order valence-electron chi connectivity index (χ3n) is 5.04. The molecule has 0 radical (unpaired) electrons. The van der Waals surface area contributed by atoms with Crippen molar-refractivity contribution in [3.63, 3.8) is 0 Å². The second-order valence-corrected chi connectivity index (χ2v) is 8.60. The lowest BCUT2D eigenvalue weighted by Gasteiger charge is -2.13. The molecule has 33 heavy (non-hydrogen) atoms. The Bertz CT molecular complexity index is 1210. The number of ether oxygens (including phenoxy) is 2. The van der Waals surface area contributed by atoms with Gasteiger partial charge in [-0.1, -0.05) is 70.0 Å². The normalized spacial score (nSPS) is 14.5. The minimum Gasteiger partial charge on any atom is -0.493 e. The zero-order valence-corrected chi connectivity index (χ0v) is 20.0. The van der Waals surface area contributed by atoms with E-state index in [1.54, 1.807) is 37.5 Å². The Morgan fingerprint density at radius 2 is 1.73 bits per heavy atom. The van der Waals surface area contributed by atoms with E-state index >= 15 is 0 Å². The molecular weight excluding hydrogens is 508 g/mol. The summed E-state index contributed by atoms with van der Waals surface area (Å²) in [4.78, 5) is 26.4. The lowest BCUT2D eigenvalue weighted by atomic mass is 10.1. The molecule has 3 aromatic rings. The number of methoxy groups -OCH3 is 1. The number of hydrogen-bond donors (Lipinski definition) is 1. The van der Waals surface area contributed by atoms with Crippen LogP contribution in [0.15, 0.2) is 76.9 Å². The summed E-state index contributed by atoms with van der Waals surface area (Å²) >= 11 is 9.45. The minimum atomic E-state index is -0.457. The van der Waals surface area contributed by atoms with Gasteiger partial charge in [-0.15, -0.1) is 0 Å². The van der Waals surface area contributed by atoms with E-state index in [0.717, 1.165) is 11.1 Å². The summed E-state index contributed by atoms with van der Waals surface area (Å²) in [5, 5.41) is 3.31. The van der Waals surface area contributed by atoms with Crippen LogP contribution >= 0.6 is 27.5 Å². The molecule has 0 unspecified atom stereocenters. The molecule has 168 valence electrons. The van der Waals surface area contributed by atoms with Crippen LogP contribution in [0.1, 0.15) is 16.7 Å². The fourth-order valence-electron chi connectivity index (χ4n) is 3.31. The number of carbonyl (C=O) groups is 2. The number of amides is 3. The third kappa shape index (κ3) is 5.38. The number of nitrogens with zero attached hydrogens (tertiary/aromatic N) is 1. The van der Waals surface area contributed by atoms with Gasteiger partial charge in [-0.25, -0.2) is 4.79 Å². The number of nitrogens with one attached hydrogen (secondary N) is 1. The Kier molecular flexibility index (Phi) is 7.01. The zero-order chi connectivity index (χ0) is 23.4. The van der Waals surface area contributed by atoms with Gasteiger partial charge in [-0.3, -0.25) is 9.69 Å². The molecule has 1 heterocycles. The van der Waals surface area contributed by atoms with Crippen molar-refractivity contribution in [1.29, 1.82) is 0 Å². The van der Waals surface area contributed by atoms with E-state index in [1.165, 1.54) is 4.90 Å². The Morgan fingerprint density at radius 3 is 2.42 bits per heavy atom. The largest absolute Gasteiger partial charge is 0.493 e. The second-order valence-electron chi connectivity index (χ2n) is 7.30. The number of hydrogen-bond acceptors (Lipinski definition) is 4. The van der Waals surface area contributed by atoms with Gasteiger partial charge >= 0.3 is 6.03 Å². The molecule has 1 N–H and O–H groups in total. The summed E-state index contributed by atoms with van der Waals surface area (Å²) in [5.74, 6) is 0.642. The summed E-state index contributed by atoms with van der Waals surface area (Å²) in [5.41, 5.74) is 2.68. The van der Waals surface area contributed by atoms with Crippen LogP contribution in [-0.2, 0) is 17.9 Å². The Labute approximate surface area is 204 Å². The third-order valence-corrected chi connectivity index (χ3v) is 5.97. The van der Waals surface area contributed by atoms with E-state index in [1.807, 2.05) is 42.5 Å².